The first-order valence-corrected chi connectivity index (χ1v) is 6.48. The quantitative estimate of drug-likeness (QED) is 0.441. The number of nitrogens with one attached hydrogen (secondary N) is 2. The Hall–Kier alpha value is -1.26. The van der Waals surface area contributed by atoms with Gasteiger partial charge in [0.25, 0.3) is 0 Å². The highest BCUT2D eigenvalue weighted by Crippen LogP contribution is 2.11. The summed E-state index contributed by atoms with van der Waals surface area (Å²) in [7, 11) is 0. The molecule has 9 nitrogen and oxygen atoms in total. The Labute approximate surface area is 123 Å². The van der Waals surface area contributed by atoms with Gasteiger partial charge in [0.05, 0.1) is 11.8 Å². The number of carboxylic acid groups (broad SMARTS) is 2. The van der Waals surface area contributed by atoms with E-state index in [1.54, 1.807) is 0 Å². The molecule has 2 rings (SSSR count). The molecule has 2 aliphatic rings. The van der Waals surface area contributed by atoms with Crippen molar-refractivity contribution in [2.45, 2.75) is 25.7 Å². The predicted molar refractivity (Wildman–Crippen MR) is 77.3 cm³/mol. The fraction of sp³-hybridized carbons (Fsp3) is 0.833. The Balaban J connectivity index is -0.000000270. The predicted octanol–water partition coefficient (Wildman–Crippen LogP) is -2.33. The number of piperidine rings is 2. The fourth-order valence-electron chi connectivity index (χ4n) is 2.14. The van der Waals surface area contributed by atoms with E-state index in [1.807, 2.05) is 0 Å². The normalized spacial score (nSPS) is 18.7. The molecule has 0 aliphatic carbocycles. The molecule has 9 heteroatoms. The lowest BCUT2D eigenvalue weighted by molar-refractivity contribution is -0.143. The first-order chi connectivity index (χ1) is 8.61. The smallest absolute Gasteiger partial charge is 0.306 e. The zero-order chi connectivity index (χ0) is 13.4. The molecule has 2 saturated heterocycles. The summed E-state index contributed by atoms with van der Waals surface area (Å²) in [6, 6.07) is 0. The molecule has 10 N–H and O–H groups in total. The molecule has 0 aromatic rings. The highest BCUT2D eigenvalue weighted by Gasteiger charge is 2.19. The van der Waals surface area contributed by atoms with Gasteiger partial charge in [-0.3, -0.25) is 9.59 Å². The van der Waals surface area contributed by atoms with Gasteiger partial charge in [0, 0.05) is 0 Å². The molecule has 2 heterocycles. The molecule has 0 bridgehead atoms. The lowest BCUT2D eigenvalue weighted by Gasteiger charge is -2.17. The van der Waals surface area contributed by atoms with Crippen LogP contribution >= 0.6 is 0 Å². The lowest BCUT2D eigenvalue weighted by atomic mass is 9.99. The van der Waals surface area contributed by atoms with Crippen molar-refractivity contribution in [2.75, 3.05) is 26.2 Å². The Morgan fingerprint density at radius 2 is 0.905 bits per heavy atom. The maximum Gasteiger partial charge on any atom is 0.306 e. The minimum Gasteiger partial charge on any atom is -0.481 e. The lowest BCUT2D eigenvalue weighted by Crippen LogP contribution is -2.31. The van der Waals surface area contributed by atoms with E-state index < -0.39 is 11.9 Å². The van der Waals surface area contributed by atoms with Crippen molar-refractivity contribution in [1.29, 1.82) is 0 Å². The first-order valence-electron chi connectivity index (χ1n) is 6.48. The third kappa shape index (κ3) is 10.2. The van der Waals surface area contributed by atoms with Crippen LogP contribution in [0.25, 0.3) is 0 Å². The van der Waals surface area contributed by atoms with Gasteiger partial charge in [-0.2, -0.15) is 0 Å². The molecule has 0 saturated carbocycles. The summed E-state index contributed by atoms with van der Waals surface area (Å²) in [5.74, 6) is -1.47. The van der Waals surface area contributed by atoms with Crippen molar-refractivity contribution in [3.63, 3.8) is 0 Å². The average Bonchev–Trinajstić information content (AvgIpc) is 2.41. The van der Waals surface area contributed by atoms with Gasteiger partial charge < -0.3 is 37.3 Å². The van der Waals surface area contributed by atoms with Crippen LogP contribution in [0.3, 0.4) is 0 Å². The SMILES string of the molecule is O.O.O.O=C(O)C1CCNCC1.O=C(O)C1CCNCC1. The van der Waals surface area contributed by atoms with E-state index >= 15 is 0 Å². The molecule has 2 aliphatic heterocycles. The number of rotatable bonds is 2. The summed E-state index contributed by atoms with van der Waals surface area (Å²) in [6.45, 7) is 3.43. The van der Waals surface area contributed by atoms with Crippen LogP contribution in [0.4, 0.5) is 0 Å². The Kier molecular flexibility index (Phi) is 16.2. The Bertz CT molecular complexity index is 249. The second-order valence-electron chi connectivity index (χ2n) is 4.73. The summed E-state index contributed by atoms with van der Waals surface area (Å²) >= 11 is 0. The molecule has 0 atom stereocenters. The van der Waals surface area contributed by atoms with Crippen LogP contribution in [0, 0.1) is 11.8 Å². The number of hydrogen-bond acceptors (Lipinski definition) is 4. The van der Waals surface area contributed by atoms with E-state index in [9.17, 15) is 9.59 Å². The molecular formula is C12H28N2O7. The van der Waals surface area contributed by atoms with E-state index in [-0.39, 0.29) is 28.3 Å². The van der Waals surface area contributed by atoms with Crippen LogP contribution in [0.2, 0.25) is 0 Å². The van der Waals surface area contributed by atoms with E-state index in [0.29, 0.717) is 0 Å². The van der Waals surface area contributed by atoms with Gasteiger partial charge in [-0.1, -0.05) is 0 Å². The molecule has 0 spiro atoms. The Morgan fingerprint density at radius 3 is 1.05 bits per heavy atom. The van der Waals surface area contributed by atoms with Crippen LogP contribution in [0.1, 0.15) is 25.7 Å². The molecule has 0 aromatic carbocycles. The third-order valence-electron chi connectivity index (χ3n) is 3.38. The van der Waals surface area contributed by atoms with E-state index in [1.165, 1.54) is 0 Å². The summed E-state index contributed by atoms with van der Waals surface area (Å²) in [6.07, 6.45) is 3.15. The van der Waals surface area contributed by atoms with Crippen LogP contribution in [0.5, 0.6) is 0 Å². The van der Waals surface area contributed by atoms with Gasteiger partial charge in [-0.15, -0.1) is 0 Å². The molecule has 0 radical (unpaired) electrons. The maximum absolute atomic E-state index is 10.3. The molecule has 0 unspecified atom stereocenters. The van der Waals surface area contributed by atoms with Crippen LogP contribution in [-0.4, -0.2) is 64.8 Å². The number of hydrogen-bond donors (Lipinski definition) is 4. The van der Waals surface area contributed by atoms with Crippen LogP contribution in [-0.2, 0) is 9.59 Å². The summed E-state index contributed by atoms with van der Waals surface area (Å²) in [5.41, 5.74) is 0. The fourth-order valence-corrected chi connectivity index (χ4v) is 2.14. The summed E-state index contributed by atoms with van der Waals surface area (Å²) in [4.78, 5) is 20.7. The highest BCUT2D eigenvalue weighted by atomic mass is 16.4. The van der Waals surface area contributed by atoms with Crippen molar-refractivity contribution >= 4 is 11.9 Å². The van der Waals surface area contributed by atoms with Gasteiger partial charge in [-0.25, -0.2) is 0 Å². The number of aliphatic carboxylic acids is 2. The average molecular weight is 312 g/mol. The first kappa shape index (κ1) is 24.7. The largest absolute Gasteiger partial charge is 0.481 e. The van der Waals surface area contributed by atoms with Crippen molar-refractivity contribution in [3.8, 4) is 0 Å². The van der Waals surface area contributed by atoms with Gasteiger partial charge >= 0.3 is 11.9 Å². The maximum atomic E-state index is 10.3. The number of carboxylic acids is 2. The molecular weight excluding hydrogens is 284 g/mol. The van der Waals surface area contributed by atoms with E-state index in [4.69, 9.17) is 10.2 Å². The zero-order valence-corrected chi connectivity index (χ0v) is 12.0. The zero-order valence-electron chi connectivity index (χ0n) is 12.0. The second kappa shape index (κ2) is 13.7. The molecule has 0 aromatic heterocycles. The van der Waals surface area contributed by atoms with Gasteiger partial charge in [0.1, 0.15) is 0 Å². The third-order valence-corrected chi connectivity index (χ3v) is 3.38. The van der Waals surface area contributed by atoms with E-state index in [0.717, 1.165) is 51.9 Å². The second-order valence-corrected chi connectivity index (χ2v) is 4.73. The minimum atomic E-state index is -0.642. The molecule has 2 fully saturated rings. The molecule has 21 heavy (non-hydrogen) atoms. The topological polar surface area (TPSA) is 193 Å². The molecule has 128 valence electrons. The number of carbonyl (C=O) groups is 2. The summed E-state index contributed by atoms with van der Waals surface area (Å²) < 4.78 is 0. The van der Waals surface area contributed by atoms with Crippen molar-refractivity contribution in [2.24, 2.45) is 11.8 Å². The van der Waals surface area contributed by atoms with Crippen LogP contribution < -0.4 is 10.6 Å². The Morgan fingerprint density at radius 1 is 0.667 bits per heavy atom. The highest BCUT2D eigenvalue weighted by molar-refractivity contribution is 5.70. The van der Waals surface area contributed by atoms with Crippen molar-refractivity contribution < 1.29 is 36.2 Å². The summed E-state index contributed by atoms with van der Waals surface area (Å²) in [5, 5.41) is 23.2. The van der Waals surface area contributed by atoms with Gasteiger partial charge in [-0.05, 0) is 51.9 Å². The van der Waals surface area contributed by atoms with Gasteiger partial charge in [0.15, 0.2) is 0 Å². The van der Waals surface area contributed by atoms with Crippen LogP contribution in [0.15, 0.2) is 0 Å². The minimum absolute atomic E-state index is 0. The van der Waals surface area contributed by atoms with Gasteiger partial charge in [0.2, 0.25) is 0 Å². The monoisotopic (exact) mass is 312 g/mol. The van der Waals surface area contributed by atoms with Crippen molar-refractivity contribution in [3.05, 3.63) is 0 Å². The van der Waals surface area contributed by atoms with E-state index in [2.05, 4.69) is 10.6 Å². The standard InChI is InChI=1S/2C6H11NO2.3H2O/c2*8-6(9)5-1-3-7-4-2-5;;;/h2*5,7H,1-4H2,(H,8,9);3*1H2. The van der Waals surface area contributed by atoms with Crippen molar-refractivity contribution in [1.82, 2.24) is 10.6 Å². The molecule has 0 amide bonds.